The third-order valence-electron chi connectivity index (χ3n) is 3.01. The maximum absolute atomic E-state index is 12.1. The molecule has 0 unspecified atom stereocenters. The van der Waals surface area contributed by atoms with Gasteiger partial charge in [-0.3, -0.25) is 4.79 Å². The zero-order chi connectivity index (χ0) is 14.2. The van der Waals surface area contributed by atoms with E-state index in [4.69, 9.17) is 16.7 Å². The number of rotatable bonds is 4. The summed E-state index contributed by atoms with van der Waals surface area (Å²) in [7, 11) is 0. The molecule has 1 aliphatic carbocycles. The molecule has 0 radical (unpaired) electrons. The molecule has 6 nitrogen and oxygen atoms in total. The number of aromatic nitrogens is 2. The van der Waals surface area contributed by atoms with Crippen LogP contribution in [0.4, 0.5) is 0 Å². The molecule has 0 aliphatic heterocycles. The van der Waals surface area contributed by atoms with Gasteiger partial charge in [-0.25, -0.2) is 14.8 Å². The number of carboxylic acid groups (broad SMARTS) is 1. The number of carboxylic acids is 1. The van der Waals surface area contributed by atoms with Crippen LogP contribution in [0.2, 0.25) is 5.02 Å². The van der Waals surface area contributed by atoms with Gasteiger partial charge in [0.15, 0.2) is 0 Å². The summed E-state index contributed by atoms with van der Waals surface area (Å²) in [6.07, 6.45) is 2.21. The number of nitrogens with zero attached hydrogens (tertiary/aromatic N) is 2. The van der Waals surface area contributed by atoms with Gasteiger partial charge in [-0.1, -0.05) is 25.4 Å². The molecule has 2 rings (SSSR count). The van der Waals surface area contributed by atoms with Crippen LogP contribution in [0.3, 0.4) is 0 Å². The smallest absolute Gasteiger partial charge is 0.329 e. The largest absolute Gasteiger partial charge is 0.480 e. The molecule has 1 amide bonds. The SMILES string of the molecule is CC(C)c1ncc(Cl)c(C(=O)NC2(C(=O)O)CC2)n1. The highest BCUT2D eigenvalue weighted by atomic mass is 35.5. The Hall–Kier alpha value is -1.69. The van der Waals surface area contributed by atoms with Crippen molar-refractivity contribution in [2.45, 2.75) is 38.1 Å². The highest BCUT2D eigenvalue weighted by molar-refractivity contribution is 6.33. The van der Waals surface area contributed by atoms with Crippen LogP contribution < -0.4 is 5.32 Å². The van der Waals surface area contributed by atoms with Crippen LogP contribution >= 0.6 is 11.6 Å². The zero-order valence-electron chi connectivity index (χ0n) is 10.6. The van der Waals surface area contributed by atoms with Gasteiger partial charge in [0.2, 0.25) is 0 Å². The Balaban J connectivity index is 2.24. The molecule has 1 aromatic heterocycles. The molecular weight excluding hydrogens is 270 g/mol. The number of amides is 1. The summed E-state index contributed by atoms with van der Waals surface area (Å²) in [5, 5.41) is 11.6. The van der Waals surface area contributed by atoms with E-state index in [-0.39, 0.29) is 16.6 Å². The van der Waals surface area contributed by atoms with Crippen LogP contribution in [-0.2, 0) is 4.79 Å². The summed E-state index contributed by atoms with van der Waals surface area (Å²) in [5.74, 6) is -1.06. The normalized spacial score (nSPS) is 16.2. The maximum Gasteiger partial charge on any atom is 0.329 e. The number of halogens is 1. The fourth-order valence-corrected chi connectivity index (χ4v) is 1.79. The molecule has 1 heterocycles. The predicted octanol–water partition coefficient (Wildman–Crippen LogP) is 1.60. The van der Waals surface area contributed by atoms with Gasteiger partial charge >= 0.3 is 5.97 Å². The Kier molecular flexibility index (Phi) is 3.45. The van der Waals surface area contributed by atoms with E-state index in [9.17, 15) is 9.59 Å². The van der Waals surface area contributed by atoms with Gasteiger partial charge in [-0.05, 0) is 12.8 Å². The zero-order valence-corrected chi connectivity index (χ0v) is 11.4. The number of carbonyl (C=O) groups is 2. The Bertz CT molecular complexity index is 541. The molecule has 0 atom stereocenters. The van der Waals surface area contributed by atoms with E-state index in [1.54, 1.807) is 0 Å². The van der Waals surface area contributed by atoms with Crippen LogP contribution in [0, 0.1) is 0 Å². The number of nitrogens with one attached hydrogen (secondary N) is 1. The second kappa shape index (κ2) is 4.77. The predicted molar refractivity (Wildman–Crippen MR) is 68.2 cm³/mol. The highest BCUT2D eigenvalue weighted by Gasteiger charge is 2.52. The summed E-state index contributed by atoms with van der Waals surface area (Å²) < 4.78 is 0. The minimum atomic E-state index is -1.15. The Morgan fingerprint density at radius 2 is 2.11 bits per heavy atom. The van der Waals surface area contributed by atoms with Crippen molar-refractivity contribution in [2.75, 3.05) is 0 Å². The lowest BCUT2D eigenvalue weighted by molar-refractivity contribution is -0.140. The average molecular weight is 284 g/mol. The van der Waals surface area contributed by atoms with Crippen molar-refractivity contribution in [1.29, 1.82) is 0 Å². The van der Waals surface area contributed by atoms with Crippen LogP contribution in [0.1, 0.15) is 48.9 Å². The number of carbonyl (C=O) groups excluding carboxylic acids is 1. The van der Waals surface area contributed by atoms with E-state index in [1.165, 1.54) is 6.20 Å². The van der Waals surface area contributed by atoms with E-state index in [0.29, 0.717) is 18.7 Å². The minimum absolute atomic E-state index is 0.0212. The minimum Gasteiger partial charge on any atom is -0.480 e. The molecule has 0 spiro atoms. The van der Waals surface area contributed by atoms with E-state index in [2.05, 4.69) is 15.3 Å². The van der Waals surface area contributed by atoms with Crippen molar-refractivity contribution in [1.82, 2.24) is 15.3 Å². The number of hydrogen-bond acceptors (Lipinski definition) is 4. The Labute approximate surface area is 115 Å². The molecule has 1 aliphatic rings. The molecule has 1 fully saturated rings. The van der Waals surface area contributed by atoms with Crippen LogP contribution in [0.25, 0.3) is 0 Å². The topological polar surface area (TPSA) is 92.2 Å². The monoisotopic (exact) mass is 283 g/mol. The first-order chi connectivity index (χ1) is 8.85. The lowest BCUT2D eigenvalue weighted by atomic mass is 10.2. The maximum atomic E-state index is 12.1. The van der Waals surface area contributed by atoms with Crippen molar-refractivity contribution in [3.8, 4) is 0 Å². The van der Waals surface area contributed by atoms with Gasteiger partial charge in [-0.15, -0.1) is 0 Å². The van der Waals surface area contributed by atoms with Gasteiger partial charge in [-0.2, -0.15) is 0 Å². The number of hydrogen-bond donors (Lipinski definition) is 2. The van der Waals surface area contributed by atoms with Crippen LogP contribution in [-0.4, -0.2) is 32.5 Å². The molecule has 0 bridgehead atoms. The first-order valence-corrected chi connectivity index (χ1v) is 6.32. The van der Waals surface area contributed by atoms with Crippen molar-refractivity contribution < 1.29 is 14.7 Å². The quantitative estimate of drug-likeness (QED) is 0.875. The van der Waals surface area contributed by atoms with Gasteiger partial charge in [0.1, 0.15) is 17.1 Å². The number of aliphatic carboxylic acids is 1. The van der Waals surface area contributed by atoms with Gasteiger partial charge in [0, 0.05) is 5.92 Å². The molecule has 0 saturated heterocycles. The van der Waals surface area contributed by atoms with Crippen molar-refractivity contribution in [3.05, 3.63) is 22.7 Å². The van der Waals surface area contributed by atoms with E-state index in [1.807, 2.05) is 13.8 Å². The van der Waals surface area contributed by atoms with Gasteiger partial charge in [0.05, 0.1) is 11.2 Å². The summed E-state index contributed by atoms with van der Waals surface area (Å²) >= 11 is 5.89. The highest BCUT2D eigenvalue weighted by Crippen LogP contribution is 2.36. The standard InChI is InChI=1S/C12H14ClN3O3/c1-6(2)9-14-5-7(13)8(15-9)10(17)16-12(3-4-12)11(18)19/h5-6H,3-4H2,1-2H3,(H,16,17)(H,18,19). The van der Waals surface area contributed by atoms with Crippen molar-refractivity contribution >= 4 is 23.5 Å². The van der Waals surface area contributed by atoms with Crippen LogP contribution in [0.5, 0.6) is 0 Å². The van der Waals surface area contributed by atoms with Gasteiger partial charge in [0.25, 0.3) is 5.91 Å². The Morgan fingerprint density at radius 3 is 2.58 bits per heavy atom. The first-order valence-electron chi connectivity index (χ1n) is 5.94. The summed E-state index contributed by atoms with van der Waals surface area (Å²) in [6, 6.07) is 0. The molecular formula is C12H14ClN3O3. The van der Waals surface area contributed by atoms with E-state index < -0.39 is 17.4 Å². The molecule has 7 heteroatoms. The average Bonchev–Trinajstić information content (AvgIpc) is 3.10. The lowest BCUT2D eigenvalue weighted by Gasteiger charge is -2.13. The summed E-state index contributed by atoms with van der Waals surface area (Å²) in [5.41, 5.74) is -1.13. The third-order valence-corrected chi connectivity index (χ3v) is 3.28. The second-order valence-electron chi connectivity index (χ2n) is 4.92. The molecule has 2 N–H and O–H groups in total. The van der Waals surface area contributed by atoms with Crippen molar-refractivity contribution in [2.24, 2.45) is 0 Å². The molecule has 1 saturated carbocycles. The van der Waals surface area contributed by atoms with Crippen molar-refractivity contribution in [3.63, 3.8) is 0 Å². The first kappa shape index (κ1) is 13.7. The van der Waals surface area contributed by atoms with E-state index in [0.717, 1.165) is 0 Å². The molecule has 0 aromatic carbocycles. The van der Waals surface area contributed by atoms with Crippen LogP contribution in [0.15, 0.2) is 6.20 Å². The van der Waals surface area contributed by atoms with E-state index >= 15 is 0 Å². The lowest BCUT2D eigenvalue weighted by Crippen LogP contribution is -2.43. The summed E-state index contributed by atoms with van der Waals surface area (Å²) in [4.78, 5) is 31.2. The second-order valence-corrected chi connectivity index (χ2v) is 5.33. The van der Waals surface area contributed by atoms with Gasteiger partial charge < -0.3 is 10.4 Å². The third kappa shape index (κ3) is 2.68. The summed E-state index contributed by atoms with van der Waals surface area (Å²) in [6.45, 7) is 3.79. The fourth-order valence-electron chi connectivity index (χ4n) is 1.61. The molecule has 19 heavy (non-hydrogen) atoms. The Morgan fingerprint density at radius 1 is 1.47 bits per heavy atom. The molecule has 102 valence electrons. The molecule has 1 aromatic rings. The fraction of sp³-hybridized carbons (Fsp3) is 0.500.